The number of ketones is 1. The fourth-order valence-corrected chi connectivity index (χ4v) is 3.23. The second kappa shape index (κ2) is 11.4. The summed E-state index contributed by atoms with van der Waals surface area (Å²) in [5, 5.41) is 24.3. The minimum Gasteiger partial charge on any atom is -0.491 e. The van der Waals surface area contributed by atoms with Crippen LogP contribution in [0.1, 0.15) is 45.1 Å². The summed E-state index contributed by atoms with van der Waals surface area (Å²) in [6.07, 6.45) is 5.72. The zero-order valence-corrected chi connectivity index (χ0v) is 19.1. The van der Waals surface area contributed by atoms with Gasteiger partial charge in [0.1, 0.15) is 24.0 Å². The summed E-state index contributed by atoms with van der Waals surface area (Å²) in [4.78, 5) is 20.6. The molecule has 1 heterocycles. The van der Waals surface area contributed by atoms with E-state index < -0.39 is 6.10 Å². The highest BCUT2D eigenvalue weighted by Gasteiger charge is 2.24. The van der Waals surface area contributed by atoms with Crippen molar-refractivity contribution in [3.8, 4) is 17.1 Å². The number of rotatable bonds is 13. The maximum absolute atomic E-state index is 11.3. The number of carbonyl (C=O) groups excluding carboxylic acids is 1. The third kappa shape index (κ3) is 7.28. The summed E-state index contributed by atoms with van der Waals surface area (Å²) in [5.74, 6) is 1.95. The summed E-state index contributed by atoms with van der Waals surface area (Å²) in [6, 6.07) is 7.70. The molecule has 0 bridgehead atoms. The van der Waals surface area contributed by atoms with Crippen LogP contribution in [0.5, 0.6) is 5.75 Å². The molecule has 1 saturated carbocycles. The molecule has 1 unspecified atom stereocenters. The predicted octanol–water partition coefficient (Wildman–Crippen LogP) is 3.10. The number of hydrogen-bond acceptors (Lipinski definition) is 9. The number of aliphatic hydroxyl groups is 1. The van der Waals surface area contributed by atoms with Crippen LogP contribution in [0.2, 0.25) is 0 Å². The van der Waals surface area contributed by atoms with Crippen LogP contribution >= 0.6 is 0 Å². The fourth-order valence-electron chi connectivity index (χ4n) is 3.23. The van der Waals surface area contributed by atoms with E-state index in [2.05, 4.69) is 20.6 Å². The summed E-state index contributed by atoms with van der Waals surface area (Å²) in [5.41, 5.74) is 7.55. The van der Waals surface area contributed by atoms with Gasteiger partial charge in [0.15, 0.2) is 11.6 Å². The van der Waals surface area contributed by atoms with E-state index in [9.17, 15) is 9.90 Å². The Morgan fingerprint density at radius 3 is 2.79 bits per heavy atom. The lowest BCUT2D eigenvalue weighted by molar-refractivity contribution is -0.112. The summed E-state index contributed by atoms with van der Waals surface area (Å²) < 4.78 is 5.75. The third-order valence-electron chi connectivity index (χ3n) is 5.01. The average Bonchev–Trinajstić information content (AvgIpc) is 3.60. The summed E-state index contributed by atoms with van der Waals surface area (Å²) in [7, 11) is 0. The van der Waals surface area contributed by atoms with E-state index in [0.29, 0.717) is 46.9 Å². The predicted molar refractivity (Wildman–Crippen MR) is 130 cm³/mol. The number of nitrogens with two attached hydrogens (primary N) is 1. The van der Waals surface area contributed by atoms with Gasteiger partial charge in [-0.15, -0.1) is 0 Å². The molecule has 1 aromatic heterocycles. The molecule has 2 aromatic rings. The molecule has 33 heavy (non-hydrogen) atoms. The highest BCUT2D eigenvalue weighted by atomic mass is 16.5. The SMILES string of the molecule is CCCC(O)COc1cccc(-c2nc(NCC(N)=CC(C)=O)c(C=N)c(NC3CC3)n2)c1. The quantitative estimate of drug-likeness (QED) is 0.230. The van der Waals surface area contributed by atoms with Gasteiger partial charge in [-0.05, 0) is 38.3 Å². The first kappa shape index (κ1) is 24.2. The van der Waals surface area contributed by atoms with Crippen LogP contribution < -0.4 is 21.1 Å². The van der Waals surface area contributed by atoms with Crippen LogP contribution in [-0.2, 0) is 4.79 Å². The van der Waals surface area contributed by atoms with E-state index in [1.165, 1.54) is 19.2 Å². The van der Waals surface area contributed by atoms with Gasteiger partial charge in [-0.2, -0.15) is 0 Å². The van der Waals surface area contributed by atoms with E-state index in [4.69, 9.17) is 15.9 Å². The smallest absolute Gasteiger partial charge is 0.164 e. The molecular formula is C24H32N6O3. The lowest BCUT2D eigenvalue weighted by Gasteiger charge is -2.16. The van der Waals surface area contributed by atoms with Crippen molar-refractivity contribution in [3.63, 3.8) is 0 Å². The molecule has 1 atom stereocenters. The first-order valence-corrected chi connectivity index (χ1v) is 11.2. The summed E-state index contributed by atoms with van der Waals surface area (Å²) in [6.45, 7) is 3.88. The van der Waals surface area contributed by atoms with E-state index in [1.54, 1.807) is 0 Å². The van der Waals surface area contributed by atoms with Gasteiger partial charge in [0.2, 0.25) is 0 Å². The van der Waals surface area contributed by atoms with Gasteiger partial charge in [0.05, 0.1) is 18.2 Å². The molecule has 9 heteroatoms. The molecule has 1 aliphatic rings. The lowest BCUT2D eigenvalue weighted by Crippen LogP contribution is -2.17. The van der Waals surface area contributed by atoms with Crippen LogP contribution in [0.3, 0.4) is 0 Å². The molecule has 0 spiro atoms. The van der Waals surface area contributed by atoms with Crippen molar-refractivity contribution in [2.45, 2.75) is 51.7 Å². The highest BCUT2D eigenvalue weighted by Crippen LogP contribution is 2.30. The van der Waals surface area contributed by atoms with E-state index in [1.807, 2.05) is 31.2 Å². The Morgan fingerprint density at radius 2 is 2.12 bits per heavy atom. The van der Waals surface area contributed by atoms with Crippen LogP contribution in [0, 0.1) is 5.41 Å². The number of allylic oxidation sites excluding steroid dienone is 1. The zero-order chi connectivity index (χ0) is 23.8. The van der Waals surface area contributed by atoms with Crippen LogP contribution in [0.15, 0.2) is 36.0 Å². The first-order chi connectivity index (χ1) is 15.9. The topological polar surface area (TPSA) is 146 Å². The van der Waals surface area contributed by atoms with Crippen molar-refractivity contribution in [3.05, 3.63) is 41.6 Å². The van der Waals surface area contributed by atoms with Crippen molar-refractivity contribution in [1.82, 2.24) is 9.97 Å². The van der Waals surface area contributed by atoms with Crippen molar-refractivity contribution in [2.24, 2.45) is 5.73 Å². The molecule has 176 valence electrons. The Balaban J connectivity index is 1.90. The molecule has 6 N–H and O–H groups in total. The molecule has 1 aliphatic carbocycles. The molecule has 0 amide bonds. The minimum absolute atomic E-state index is 0.137. The maximum Gasteiger partial charge on any atom is 0.164 e. The fraction of sp³-hybridized carbons (Fsp3) is 0.417. The van der Waals surface area contributed by atoms with E-state index >= 15 is 0 Å². The maximum atomic E-state index is 11.3. The number of nitrogens with zero attached hydrogens (tertiary/aromatic N) is 2. The van der Waals surface area contributed by atoms with Crippen molar-refractivity contribution >= 4 is 23.6 Å². The standard InChI is InChI=1S/C24H32N6O3/c1-3-5-19(32)14-33-20-7-4-6-16(11-20)22-29-23(27-13-17(26)10-15(2)31)21(12-25)24(30-22)28-18-8-9-18/h4,6-7,10-12,18-19,25,32H,3,5,8-9,13-14,26H2,1-2H3,(H2,27,28,29,30). The van der Waals surface area contributed by atoms with Crippen molar-refractivity contribution < 1.29 is 14.6 Å². The number of aliphatic hydroxyl groups excluding tert-OH is 1. The van der Waals surface area contributed by atoms with Crippen LogP contribution in [0.4, 0.5) is 11.6 Å². The normalized spacial score (nSPS) is 14.5. The van der Waals surface area contributed by atoms with Gasteiger partial charge < -0.3 is 31.6 Å². The molecule has 1 fully saturated rings. The number of carbonyl (C=O) groups is 1. The molecule has 3 rings (SSSR count). The number of anilines is 2. The molecular weight excluding hydrogens is 420 g/mol. The van der Waals surface area contributed by atoms with Crippen LogP contribution in [-0.4, -0.2) is 52.4 Å². The van der Waals surface area contributed by atoms with Crippen LogP contribution in [0.25, 0.3) is 11.4 Å². The number of benzene rings is 1. The van der Waals surface area contributed by atoms with Crippen molar-refractivity contribution in [1.29, 1.82) is 5.41 Å². The van der Waals surface area contributed by atoms with Gasteiger partial charge in [-0.3, -0.25) is 4.79 Å². The average molecular weight is 453 g/mol. The molecule has 1 aromatic carbocycles. The molecule has 9 nitrogen and oxygen atoms in total. The van der Waals surface area contributed by atoms with Gasteiger partial charge in [0.25, 0.3) is 0 Å². The zero-order valence-electron chi connectivity index (χ0n) is 19.1. The number of hydrogen-bond donors (Lipinski definition) is 5. The Hall–Kier alpha value is -3.46. The monoisotopic (exact) mass is 452 g/mol. The number of nitrogens with one attached hydrogen (secondary N) is 3. The molecule has 0 radical (unpaired) electrons. The summed E-state index contributed by atoms with van der Waals surface area (Å²) >= 11 is 0. The van der Waals surface area contributed by atoms with Gasteiger partial charge >= 0.3 is 0 Å². The van der Waals surface area contributed by atoms with Gasteiger partial charge in [0, 0.05) is 29.6 Å². The first-order valence-electron chi connectivity index (χ1n) is 11.2. The number of aromatic nitrogens is 2. The van der Waals surface area contributed by atoms with Gasteiger partial charge in [-0.1, -0.05) is 25.5 Å². The Morgan fingerprint density at radius 1 is 1.36 bits per heavy atom. The van der Waals surface area contributed by atoms with E-state index in [-0.39, 0.29) is 18.9 Å². The Labute approximate surface area is 194 Å². The Kier molecular flexibility index (Phi) is 8.37. The lowest BCUT2D eigenvalue weighted by atomic mass is 10.2. The van der Waals surface area contributed by atoms with Gasteiger partial charge in [-0.25, -0.2) is 9.97 Å². The second-order valence-corrected chi connectivity index (χ2v) is 8.19. The minimum atomic E-state index is -0.513. The second-order valence-electron chi connectivity index (χ2n) is 8.19. The van der Waals surface area contributed by atoms with Crippen molar-refractivity contribution in [2.75, 3.05) is 23.8 Å². The number of ether oxygens (including phenoxy) is 1. The third-order valence-corrected chi connectivity index (χ3v) is 5.01. The Bertz CT molecular complexity index is 1020. The highest BCUT2D eigenvalue weighted by molar-refractivity contribution is 5.92. The molecule has 0 saturated heterocycles. The molecule has 0 aliphatic heterocycles. The van der Waals surface area contributed by atoms with E-state index in [0.717, 1.165) is 24.8 Å². The largest absolute Gasteiger partial charge is 0.491 e.